The maximum absolute atomic E-state index is 12.9. The van der Waals surface area contributed by atoms with E-state index in [0.29, 0.717) is 25.4 Å². The van der Waals surface area contributed by atoms with Crippen LogP contribution in [0.2, 0.25) is 0 Å². The summed E-state index contributed by atoms with van der Waals surface area (Å²) in [6.45, 7) is 0.966. The lowest BCUT2D eigenvalue weighted by Crippen LogP contribution is -2.47. The number of tetrazole rings is 1. The van der Waals surface area contributed by atoms with Crippen LogP contribution < -0.4 is 10.2 Å². The topological polar surface area (TPSA) is 111 Å². The molecule has 1 aliphatic heterocycles. The molecule has 0 spiro atoms. The highest BCUT2D eigenvalue weighted by Gasteiger charge is 2.34. The number of rotatable bonds is 5. The fraction of sp³-hybridized carbons (Fsp3) is 0.400. The summed E-state index contributed by atoms with van der Waals surface area (Å²) in [7, 11) is 1.71. The first kappa shape index (κ1) is 18.5. The summed E-state index contributed by atoms with van der Waals surface area (Å²) < 4.78 is 1.85. The smallest absolute Gasteiger partial charge is 0.293 e. The standard InChI is InChI=1S/C20H22N8O2/c1-26-17-11-16(14-7-8-14)23-27(17)10-9-15(20(26)30)21-19(29)18-22-25-28(24-18)12-13-5-3-2-4-6-13/h2-6,11,14-15H,7-10,12H2,1H3,(H,21,29)/t15-/m0/s1. The van der Waals surface area contributed by atoms with E-state index in [0.717, 1.165) is 29.9 Å². The zero-order valence-electron chi connectivity index (χ0n) is 16.6. The van der Waals surface area contributed by atoms with Crippen LogP contribution in [0.1, 0.15) is 47.1 Å². The van der Waals surface area contributed by atoms with Crippen LogP contribution in [-0.4, -0.2) is 54.9 Å². The van der Waals surface area contributed by atoms with Crippen molar-refractivity contribution in [2.75, 3.05) is 11.9 Å². The van der Waals surface area contributed by atoms with Gasteiger partial charge in [-0.2, -0.15) is 9.90 Å². The Labute approximate surface area is 172 Å². The van der Waals surface area contributed by atoms with Crippen molar-refractivity contribution in [1.29, 1.82) is 0 Å². The maximum atomic E-state index is 12.9. The number of nitrogens with zero attached hydrogens (tertiary/aromatic N) is 7. The molecule has 3 aromatic rings. The minimum atomic E-state index is -0.672. The molecule has 10 heteroatoms. The molecule has 0 radical (unpaired) electrons. The molecule has 1 fully saturated rings. The summed E-state index contributed by atoms with van der Waals surface area (Å²) in [6.07, 6.45) is 2.77. The lowest BCUT2D eigenvalue weighted by molar-refractivity contribution is -0.120. The lowest BCUT2D eigenvalue weighted by atomic mass is 10.2. The summed E-state index contributed by atoms with van der Waals surface area (Å²) in [5.41, 5.74) is 2.05. The summed E-state index contributed by atoms with van der Waals surface area (Å²) in [6, 6.07) is 11.0. The summed E-state index contributed by atoms with van der Waals surface area (Å²) in [5, 5.41) is 19.3. The molecule has 1 atom stereocenters. The van der Waals surface area contributed by atoms with Crippen molar-refractivity contribution in [3.8, 4) is 0 Å². The Morgan fingerprint density at radius 2 is 1.97 bits per heavy atom. The molecular weight excluding hydrogens is 384 g/mol. The third-order valence-corrected chi connectivity index (χ3v) is 5.50. The number of likely N-dealkylation sites (N-methyl/N-ethyl adjacent to an activating group) is 1. The number of hydrogen-bond acceptors (Lipinski definition) is 6. The Hall–Kier alpha value is -3.56. The predicted molar refractivity (Wildman–Crippen MR) is 107 cm³/mol. The van der Waals surface area contributed by atoms with Crippen LogP contribution in [0.3, 0.4) is 0 Å². The molecule has 1 aliphatic carbocycles. The van der Waals surface area contributed by atoms with E-state index in [2.05, 4.69) is 25.8 Å². The van der Waals surface area contributed by atoms with Crippen molar-refractivity contribution in [3.63, 3.8) is 0 Å². The number of anilines is 1. The van der Waals surface area contributed by atoms with Gasteiger partial charge in [-0.05, 0) is 30.0 Å². The maximum Gasteiger partial charge on any atom is 0.293 e. The molecule has 1 N–H and O–H groups in total. The molecule has 5 rings (SSSR count). The number of carbonyl (C=O) groups excluding carboxylic acids is 2. The second kappa shape index (κ2) is 7.36. The SMILES string of the molecule is CN1C(=O)[C@@H](NC(=O)c2nnn(Cc3ccccc3)n2)CCn2nc(C3CC3)cc21. The number of aryl methyl sites for hydroxylation is 1. The van der Waals surface area contributed by atoms with Crippen molar-refractivity contribution in [2.24, 2.45) is 0 Å². The highest BCUT2D eigenvalue weighted by molar-refractivity contribution is 6.00. The highest BCUT2D eigenvalue weighted by Crippen LogP contribution is 2.40. The van der Waals surface area contributed by atoms with E-state index in [4.69, 9.17) is 0 Å². The third kappa shape index (κ3) is 3.56. The summed E-state index contributed by atoms with van der Waals surface area (Å²) in [4.78, 5) is 28.5. The summed E-state index contributed by atoms with van der Waals surface area (Å²) >= 11 is 0. The monoisotopic (exact) mass is 406 g/mol. The van der Waals surface area contributed by atoms with Crippen molar-refractivity contribution in [2.45, 2.75) is 44.3 Å². The van der Waals surface area contributed by atoms with Gasteiger partial charge in [0.05, 0.1) is 12.2 Å². The third-order valence-electron chi connectivity index (χ3n) is 5.50. The van der Waals surface area contributed by atoms with Crippen molar-refractivity contribution >= 4 is 17.6 Å². The Balaban J connectivity index is 1.26. The van der Waals surface area contributed by atoms with Gasteiger partial charge in [0.25, 0.3) is 17.6 Å². The molecule has 0 saturated heterocycles. The average molecular weight is 406 g/mol. The Morgan fingerprint density at radius 1 is 1.17 bits per heavy atom. The second-order valence-electron chi connectivity index (χ2n) is 7.77. The molecule has 0 bridgehead atoms. The second-order valence-corrected chi connectivity index (χ2v) is 7.77. The normalized spacial score (nSPS) is 18.8. The summed E-state index contributed by atoms with van der Waals surface area (Å²) in [5.74, 6) is 0.540. The van der Waals surface area contributed by atoms with E-state index < -0.39 is 11.9 Å². The van der Waals surface area contributed by atoms with Gasteiger partial charge in [-0.3, -0.25) is 14.5 Å². The number of carbonyl (C=O) groups is 2. The van der Waals surface area contributed by atoms with Crippen LogP contribution in [0.5, 0.6) is 0 Å². The van der Waals surface area contributed by atoms with Gasteiger partial charge in [0.2, 0.25) is 0 Å². The number of benzene rings is 1. The van der Waals surface area contributed by atoms with Crippen LogP contribution in [0, 0.1) is 0 Å². The molecule has 2 aromatic heterocycles. The zero-order valence-corrected chi connectivity index (χ0v) is 16.6. The predicted octanol–water partition coefficient (Wildman–Crippen LogP) is 0.960. The van der Waals surface area contributed by atoms with Gasteiger partial charge in [0.1, 0.15) is 11.9 Å². The lowest BCUT2D eigenvalue weighted by Gasteiger charge is -2.19. The largest absolute Gasteiger partial charge is 0.337 e. The van der Waals surface area contributed by atoms with Gasteiger partial charge in [-0.1, -0.05) is 30.3 Å². The molecule has 30 heavy (non-hydrogen) atoms. The van der Waals surface area contributed by atoms with Gasteiger partial charge in [0.15, 0.2) is 0 Å². The zero-order chi connectivity index (χ0) is 20.7. The molecule has 1 saturated carbocycles. The van der Waals surface area contributed by atoms with Crippen LogP contribution in [0.15, 0.2) is 36.4 Å². The Bertz CT molecular complexity index is 1090. The molecule has 10 nitrogen and oxygen atoms in total. The number of hydrogen-bond donors (Lipinski definition) is 1. The van der Waals surface area contributed by atoms with Crippen molar-refractivity contribution in [3.05, 3.63) is 53.5 Å². The van der Waals surface area contributed by atoms with E-state index in [9.17, 15) is 9.59 Å². The number of fused-ring (bicyclic) bond motifs is 1. The Morgan fingerprint density at radius 3 is 2.73 bits per heavy atom. The first-order valence-electron chi connectivity index (χ1n) is 10.1. The molecule has 0 unspecified atom stereocenters. The minimum Gasteiger partial charge on any atom is -0.337 e. The van der Waals surface area contributed by atoms with E-state index in [1.54, 1.807) is 11.9 Å². The van der Waals surface area contributed by atoms with E-state index >= 15 is 0 Å². The highest BCUT2D eigenvalue weighted by atomic mass is 16.2. The molecule has 154 valence electrons. The van der Waals surface area contributed by atoms with Gasteiger partial charge < -0.3 is 5.32 Å². The molecular formula is C20H22N8O2. The molecule has 1 aromatic carbocycles. The van der Waals surface area contributed by atoms with Crippen molar-refractivity contribution in [1.82, 2.24) is 35.3 Å². The van der Waals surface area contributed by atoms with Crippen LogP contribution >= 0.6 is 0 Å². The van der Waals surface area contributed by atoms with Gasteiger partial charge >= 0.3 is 0 Å². The van der Waals surface area contributed by atoms with Crippen LogP contribution in [0.25, 0.3) is 0 Å². The van der Waals surface area contributed by atoms with Crippen LogP contribution in [-0.2, 0) is 17.9 Å². The van der Waals surface area contributed by atoms with Crippen molar-refractivity contribution < 1.29 is 9.59 Å². The van der Waals surface area contributed by atoms with Gasteiger partial charge in [-0.25, -0.2) is 4.68 Å². The van der Waals surface area contributed by atoms with E-state index in [1.165, 1.54) is 4.80 Å². The number of nitrogens with one attached hydrogen (secondary N) is 1. The minimum absolute atomic E-state index is 0.0561. The quantitative estimate of drug-likeness (QED) is 0.676. The molecule has 2 amide bonds. The first-order valence-corrected chi connectivity index (χ1v) is 10.1. The van der Waals surface area contributed by atoms with Crippen LogP contribution in [0.4, 0.5) is 5.82 Å². The number of amides is 2. The van der Waals surface area contributed by atoms with Gasteiger partial charge in [0, 0.05) is 25.6 Å². The van der Waals surface area contributed by atoms with Gasteiger partial charge in [-0.15, -0.1) is 10.2 Å². The Kier molecular flexibility index (Phi) is 4.53. The van der Waals surface area contributed by atoms with E-state index in [1.807, 2.05) is 41.1 Å². The average Bonchev–Trinajstić information content (AvgIpc) is 3.37. The fourth-order valence-electron chi connectivity index (χ4n) is 3.67. The molecule has 3 heterocycles. The number of aromatic nitrogens is 6. The molecule has 2 aliphatic rings. The fourth-order valence-corrected chi connectivity index (χ4v) is 3.67. The van der Waals surface area contributed by atoms with E-state index in [-0.39, 0.29) is 11.7 Å². The first-order chi connectivity index (χ1) is 14.6.